The first-order valence-corrected chi connectivity index (χ1v) is 6.59. The van der Waals surface area contributed by atoms with E-state index < -0.39 is 0 Å². The van der Waals surface area contributed by atoms with Gasteiger partial charge in [-0.25, -0.2) is 0 Å². The highest BCUT2D eigenvalue weighted by atomic mass is 35.5. The van der Waals surface area contributed by atoms with Crippen LogP contribution in [0.2, 0.25) is 5.02 Å². The van der Waals surface area contributed by atoms with Gasteiger partial charge in [0.15, 0.2) is 0 Å². The van der Waals surface area contributed by atoms with Gasteiger partial charge in [-0.2, -0.15) is 0 Å². The molecule has 0 aliphatic heterocycles. The van der Waals surface area contributed by atoms with E-state index in [2.05, 4.69) is 4.98 Å². The molecule has 0 spiro atoms. The molecule has 1 aromatic heterocycles. The first-order valence-electron chi connectivity index (χ1n) is 6.21. The van der Waals surface area contributed by atoms with E-state index >= 15 is 0 Å². The molecule has 1 atom stereocenters. The minimum atomic E-state index is -0.305. The Bertz CT molecular complexity index is 572. The number of benzene rings is 1. The van der Waals surface area contributed by atoms with Gasteiger partial charge in [0, 0.05) is 11.2 Å². The summed E-state index contributed by atoms with van der Waals surface area (Å²) < 4.78 is 5.44. The lowest BCUT2D eigenvalue weighted by Crippen LogP contribution is -2.13. The smallest absolute Gasteiger partial charge is 0.137 e. The van der Waals surface area contributed by atoms with E-state index in [-0.39, 0.29) is 6.04 Å². The highest BCUT2D eigenvalue weighted by molar-refractivity contribution is 6.32. The first kappa shape index (κ1) is 13.8. The zero-order chi connectivity index (χ0) is 13.8. The topological polar surface area (TPSA) is 48.1 Å². The fourth-order valence-electron chi connectivity index (χ4n) is 1.94. The van der Waals surface area contributed by atoms with Gasteiger partial charge >= 0.3 is 0 Å². The quantitative estimate of drug-likeness (QED) is 0.930. The first-order chi connectivity index (χ1) is 9.13. The largest absolute Gasteiger partial charge is 0.492 e. The van der Waals surface area contributed by atoms with Crippen molar-refractivity contribution in [3.05, 3.63) is 58.4 Å². The molecule has 0 aliphatic rings. The van der Waals surface area contributed by atoms with Crippen LogP contribution in [0.4, 0.5) is 0 Å². The molecule has 2 rings (SSSR count). The minimum absolute atomic E-state index is 0.305. The van der Waals surface area contributed by atoms with Crippen molar-refractivity contribution in [1.29, 1.82) is 0 Å². The monoisotopic (exact) mass is 276 g/mol. The van der Waals surface area contributed by atoms with Crippen LogP contribution in [0.15, 0.2) is 36.7 Å². The molecule has 0 saturated carbocycles. The van der Waals surface area contributed by atoms with Crippen molar-refractivity contribution in [2.24, 2.45) is 5.73 Å². The summed E-state index contributed by atoms with van der Waals surface area (Å²) in [6.07, 6.45) is 3.42. The molecule has 3 nitrogen and oxygen atoms in total. The highest BCUT2D eigenvalue weighted by Gasteiger charge is 2.14. The van der Waals surface area contributed by atoms with Crippen molar-refractivity contribution in [3.63, 3.8) is 0 Å². The number of aryl methyl sites for hydroxylation is 1. The summed E-state index contributed by atoms with van der Waals surface area (Å²) in [5.41, 5.74) is 9.08. The van der Waals surface area contributed by atoms with Gasteiger partial charge in [0.1, 0.15) is 5.75 Å². The number of halogens is 1. The Hall–Kier alpha value is -1.58. The van der Waals surface area contributed by atoms with Crippen LogP contribution < -0.4 is 10.5 Å². The summed E-state index contributed by atoms with van der Waals surface area (Å²) in [6.45, 7) is 4.50. The fraction of sp³-hybridized carbons (Fsp3) is 0.267. The van der Waals surface area contributed by atoms with E-state index in [9.17, 15) is 0 Å². The summed E-state index contributed by atoms with van der Waals surface area (Å²) in [7, 11) is 0. The molecule has 1 unspecified atom stereocenters. The highest BCUT2D eigenvalue weighted by Crippen LogP contribution is 2.29. The molecule has 1 heterocycles. The number of nitrogens with zero attached hydrogens (tertiary/aromatic N) is 1. The van der Waals surface area contributed by atoms with Crippen molar-refractivity contribution in [2.45, 2.75) is 19.9 Å². The van der Waals surface area contributed by atoms with Gasteiger partial charge < -0.3 is 10.5 Å². The fourth-order valence-corrected chi connectivity index (χ4v) is 2.18. The second kappa shape index (κ2) is 6.04. The Labute approximate surface area is 118 Å². The third kappa shape index (κ3) is 3.06. The van der Waals surface area contributed by atoms with Crippen molar-refractivity contribution >= 4 is 11.6 Å². The maximum atomic E-state index is 6.31. The maximum absolute atomic E-state index is 6.31. The predicted octanol–water partition coefficient (Wildman–Crippen LogP) is 3.49. The van der Waals surface area contributed by atoms with Crippen LogP contribution in [0.5, 0.6) is 5.75 Å². The molecule has 100 valence electrons. The lowest BCUT2D eigenvalue weighted by Gasteiger charge is -2.16. The third-order valence-electron chi connectivity index (χ3n) is 2.96. The molecule has 2 N–H and O–H groups in total. The molecule has 0 radical (unpaired) electrons. The zero-order valence-corrected chi connectivity index (χ0v) is 11.8. The lowest BCUT2D eigenvalue weighted by atomic mass is 9.99. The summed E-state index contributed by atoms with van der Waals surface area (Å²) in [4.78, 5) is 4.15. The number of aromatic nitrogens is 1. The second-order valence-corrected chi connectivity index (χ2v) is 4.72. The van der Waals surface area contributed by atoms with Crippen molar-refractivity contribution in [3.8, 4) is 5.75 Å². The molecule has 0 amide bonds. The van der Waals surface area contributed by atoms with E-state index in [1.165, 1.54) is 0 Å². The number of ether oxygens (including phenoxy) is 1. The Morgan fingerprint density at radius 2 is 2.16 bits per heavy atom. The van der Waals surface area contributed by atoms with Crippen LogP contribution in [0, 0.1) is 6.92 Å². The Balaban J connectivity index is 2.35. The second-order valence-electron chi connectivity index (χ2n) is 4.34. The molecular weight excluding hydrogens is 260 g/mol. The maximum Gasteiger partial charge on any atom is 0.137 e. The van der Waals surface area contributed by atoms with Crippen LogP contribution in [-0.4, -0.2) is 11.6 Å². The molecule has 4 heteroatoms. The number of nitrogens with two attached hydrogens (primary N) is 1. The minimum Gasteiger partial charge on any atom is -0.492 e. The van der Waals surface area contributed by atoms with Crippen LogP contribution in [0.3, 0.4) is 0 Å². The molecule has 0 aliphatic carbocycles. The SMILES string of the molecule is CCOc1cncc(C(N)c2cccc(C)c2Cl)c1. The number of hydrogen-bond donors (Lipinski definition) is 1. The summed E-state index contributed by atoms with van der Waals surface area (Å²) >= 11 is 6.31. The van der Waals surface area contributed by atoms with Gasteiger partial charge in [0.25, 0.3) is 0 Å². The summed E-state index contributed by atoms with van der Waals surface area (Å²) in [6, 6.07) is 7.46. The normalized spacial score (nSPS) is 12.2. The zero-order valence-electron chi connectivity index (χ0n) is 11.1. The van der Waals surface area contributed by atoms with E-state index in [1.807, 2.05) is 38.1 Å². The lowest BCUT2D eigenvalue weighted by molar-refractivity contribution is 0.338. The third-order valence-corrected chi connectivity index (χ3v) is 3.48. The van der Waals surface area contributed by atoms with E-state index in [4.69, 9.17) is 22.1 Å². The average molecular weight is 277 g/mol. The Morgan fingerprint density at radius 3 is 2.89 bits per heavy atom. The van der Waals surface area contributed by atoms with Gasteiger partial charge in [-0.3, -0.25) is 4.98 Å². The molecular formula is C15H17ClN2O. The van der Waals surface area contributed by atoms with Crippen molar-refractivity contribution in [2.75, 3.05) is 6.61 Å². The van der Waals surface area contributed by atoms with Gasteiger partial charge in [0.2, 0.25) is 0 Å². The van der Waals surface area contributed by atoms with Crippen molar-refractivity contribution in [1.82, 2.24) is 4.98 Å². The van der Waals surface area contributed by atoms with E-state index in [0.29, 0.717) is 11.6 Å². The summed E-state index contributed by atoms with van der Waals surface area (Å²) in [5.74, 6) is 0.722. The molecule has 0 saturated heterocycles. The van der Waals surface area contributed by atoms with Crippen LogP contribution in [0.1, 0.15) is 29.7 Å². The van der Waals surface area contributed by atoms with Gasteiger partial charge in [-0.1, -0.05) is 29.8 Å². The van der Waals surface area contributed by atoms with Gasteiger partial charge in [0.05, 0.1) is 18.8 Å². The molecule has 1 aromatic carbocycles. The van der Waals surface area contributed by atoms with E-state index in [1.54, 1.807) is 12.4 Å². The molecule has 19 heavy (non-hydrogen) atoms. The molecule has 0 fully saturated rings. The number of rotatable bonds is 4. The van der Waals surface area contributed by atoms with Crippen LogP contribution in [-0.2, 0) is 0 Å². The van der Waals surface area contributed by atoms with E-state index in [0.717, 1.165) is 22.4 Å². The predicted molar refractivity (Wildman–Crippen MR) is 77.6 cm³/mol. The average Bonchev–Trinajstić information content (AvgIpc) is 2.42. The number of pyridine rings is 1. The van der Waals surface area contributed by atoms with Crippen LogP contribution in [0.25, 0.3) is 0 Å². The summed E-state index contributed by atoms with van der Waals surface area (Å²) in [5, 5.41) is 0.705. The Morgan fingerprint density at radius 1 is 1.37 bits per heavy atom. The number of hydrogen-bond acceptors (Lipinski definition) is 3. The van der Waals surface area contributed by atoms with Crippen LogP contribution >= 0.6 is 11.6 Å². The van der Waals surface area contributed by atoms with Crippen molar-refractivity contribution < 1.29 is 4.74 Å². The molecule has 0 bridgehead atoms. The van der Waals surface area contributed by atoms with Gasteiger partial charge in [-0.05, 0) is 36.6 Å². The standard InChI is InChI=1S/C15H17ClN2O/c1-3-19-12-7-11(8-18-9-12)15(17)13-6-4-5-10(2)14(13)16/h4-9,15H,3,17H2,1-2H3. The van der Waals surface area contributed by atoms with Gasteiger partial charge in [-0.15, -0.1) is 0 Å². The Kier molecular flexibility index (Phi) is 4.40. The molecule has 2 aromatic rings.